The Labute approximate surface area is 329 Å². The van der Waals surface area contributed by atoms with Gasteiger partial charge >= 0.3 is 5.97 Å². The minimum Gasteiger partial charge on any atom is -0.463 e. The number of ether oxygens (including phenoxy) is 3. The first-order chi connectivity index (χ1) is 25.8. The predicted molar refractivity (Wildman–Crippen MR) is 217 cm³/mol. The maximum atomic E-state index is 12.5. The summed E-state index contributed by atoms with van der Waals surface area (Å²) in [6.07, 6.45) is 20.1. The van der Waals surface area contributed by atoms with Crippen molar-refractivity contribution in [3.63, 3.8) is 0 Å². The standard InChI is InChI=1S/C47H80O7/c1-8-10-11-12-13-14-15-16-17-18-41(48)52-30-40-42(49)43(50)44(51)45(54-40)53-35-25-27-46(6)34(29-35)21-22-36-38-24-23-37(47(38,7)28-26-39(36)46)32(5)19-20-33(9-2)31(3)4/h21,32-33,35-40,42-45,49-51H,3,8-20,22-30H2,1-2,4-7H3/t32-,33+,35+,36+,37-,38+,39+,40-,42-,43+,44-,45-,46+,47-/m1/s1. The van der Waals surface area contributed by atoms with Gasteiger partial charge in [-0.2, -0.15) is 0 Å². The molecule has 0 aromatic rings. The molecule has 4 aliphatic carbocycles. The molecule has 310 valence electrons. The summed E-state index contributed by atoms with van der Waals surface area (Å²) in [7, 11) is 0. The van der Waals surface area contributed by atoms with E-state index in [0.717, 1.165) is 68.6 Å². The first kappa shape index (κ1) is 43.9. The summed E-state index contributed by atoms with van der Waals surface area (Å²) in [6, 6.07) is 0. The molecule has 5 aliphatic rings. The molecule has 0 radical (unpaired) electrons. The summed E-state index contributed by atoms with van der Waals surface area (Å²) >= 11 is 0. The zero-order valence-electron chi connectivity index (χ0n) is 35.2. The van der Waals surface area contributed by atoms with Crippen molar-refractivity contribution < 1.29 is 34.3 Å². The Bertz CT molecular complexity index is 1230. The summed E-state index contributed by atoms with van der Waals surface area (Å²) in [5.41, 5.74) is 3.44. The number of fused-ring (bicyclic) bond motifs is 5. The maximum absolute atomic E-state index is 12.5. The highest BCUT2D eigenvalue weighted by atomic mass is 16.7. The Balaban J connectivity index is 1.10. The molecule has 7 nitrogen and oxygen atoms in total. The predicted octanol–water partition coefficient (Wildman–Crippen LogP) is 10.2. The third kappa shape index (κ3) is 10.1. The van der Waals surface area contributed by atoms with E-state index in [2.05, 4.69) is 54.2 Å². The number of aliphatic hydroxyl groups excluding tert-OH is 3. The number of aliphatic hydroxyl groups is 3. The van der Waals surface area contributed by atoms with Gasteiger partial charge in [-0.1, -0.05) is 110 Å². The molecule has 0 amide bonds. The van der Waals surface area contributed by atoms with E-state index in [4.69, 9.17) is 14.2 Å². The van der Waals surface area contributed by atoms with Gasteiger partial charge in [-0.25, -0.2) is 0 Å². The van der Waals surface area contributed by atoms with Crippen LogP contribution in [0.25, 0.3) is 0 Å². The van der Waals surface area contributed by atoms with Gasteiger partial charge in [0.2, 0.25) is 0 Å². The zero-order chi connectivity index (χ0) is 39.0. The van der Waals surface area contributed by atoms with Crippen molar-refractivity contribution in [2.24, 2.45) is 46.3 Å². The molecule has 0 aromatic carbocycles. The Hall–Kier alpha value is -1.25. The van der Waals surface area contributed by atoms with E-state index in [-0.39, 0.29) is 24.1 Å². The van der Waals surface area contributed by atoms with E-state index < -0.39 is 30.7 Å². The average molecular weight is 757 g/mol. The van der Waals surface area contributed by atoms with E-state index in [1.807, 2.05) is 0 Å². The number of carbonyl (C=O) groups excluding carboxylic acids is 1. The van der Waals surface area contributed by atoms with Crippen LogP contribution in [0.4, 0.5) is 0 Å². The summed E-state index contributed by atoms with van der Waals surface area (Å²) in [5.74, 6) is 4.15. The fraction of sp³-hybridized carbons (Fsp3) is 0.894. The Morgan fingerprint density at radius 3 is 2.30 bits per heavy atom. The van der Waals surface area contributed by atoms with Crippen LogP contribution in [-0.4, -0.2) is 64.7 Å². The fourth-order valence-electron chi connectivity index (χ4n) is 12.4. The normalized spacial score (nSPS) is 38.8. The second-order valence-electron chi connectivity index (χ2n) is 19.3. The highest BCUT2D eigenvalue weighted by molar-refractivity contribution is 5.69. The quantitative estimate of drug-likeness (QED) is 0.0645. The van der Waals surface area contributed by atoms with Gasteiger partial charge in [0.15, 0.2) is 6.29 Å². The minimum atomic E-state index is -1.44. The van der Waals surface area contributed by atoms with Crippen molar-refractivity contribution in [2.75, 3.05) is 6.61 Å². The summed E-state index contributed by atoms with van der Waals surface area (Å²) in [5, 5.41) is 32.4. The van der Waals surface area contributed by atoms with Gasteiger partial charge in [0.25, 0.3) is 0 Å². The number of esters is 1. The van der Waals surface area contributed by atoms with Crippen molar-refractivity contribution in [3.05, 3.63) is 23.8 Å². The van der Waals surface area contributed by atoms with Gasteiger partial charge in [-0.3, -0.25) is 4.79 Å². The van der Waals surface area contributed by atoms with Gasteiger partial charge in [0, 0.05) is 6.42 Å². The molecule has 54 heavy (non-hydrogen) atoms. The Kier molecular flexibility index (Phi) is 16.2. The van der Waals surface area contributed by atoms with Crippen LogP contribution in [0.1, 0.15) is 176 Å². The van der Waals surface area contributed by atoms with E-state index in [9.17, 15) is 20.1 Å². The summed E-state index contributed by atoms with van der Waals surface area (Å²) < 4.78 is 17.9. The maximum Gasteiger partial charge on any atom is 0.305 e. The number of hydrogen-bond donors (Lipinski definition) is 3. The minimum absolute atomic E-state index is 0.144. The molecule has 0 aromatic heterocycles. The van der Waals surface area contributed by atoms with Crippen LogP contribution in [0.3, 0.4) is 0 Å². The topological polar surface area (TPSA) is 105 Å². The van der Waals surface area contributed by atoms with Crippen LogP contribution < -0.4 is 0 Å². The average Bonchev–Trinajstić information content (AvgIpc) is 3.51. The smallest absolute Gasteiger partial charge is 0.305 e. The van der Waals surface area contributed by atoms with Crippen LogP contribution >= 0.6 is 0 Å². The van der Waals surface area contributed by atoms with Crippen LogP contribution in [0.15, 0.2) is 23.8 Å². The number of carbonyl (C=O) groups is 1. The largest absolute Gasteiger partial charge is 0.463 e. The molecule has 1 aliphatic heterocycles. The molecule has 3 saturated carbocycles. The highest BCUT2D eigenvalue weighted by Gasteiger charge is 2.59. The molecule has 1 saturated heterocycles. The van der Waals surface area contributed by atoms with Crippen LogP contribution in [0, 0.1) is 46.3 Å². The lowest BCUT2D eigenvalue weighted by Gasteiger charge is -2.58. The molecule has 0 bridgehead atoms. The molecule has 7 heteroatoms. The van der Waals surface area contributed by atoms with Gasteiger partial charge in [-0.05, 0) is 130 Å². The molecule has 1 heterocycles. The summed E-state index contributed by atoms with van der Waals surface area (Å²) in [6.45, 7) is 18.5. The van der Waals surface area contributed by atoms with Crippen LogP contribution in [0.5, 0.6) is 0 Å². The van der Waals surface area contributed by atoms with E-state index in [0.29, 0.717) is 23.7 Å². The second kappa shape index (κ2) is 19.9. The van der Waals surface area contributed by atoms with E-state index >= 15 is 0 Å². The van der Waals surface area contributed by atoms with Crippen molar-refractivity contribution in [1.82, 2.24) is 0 Å². The highest BCUT2D eigenvalue weighted by Crippen LogP contribution is 2.67. The van der Waals surface area contributed by atoms with Gasteiger partial charge in [0.1, 0.15) is 31.0 Å². The molecule has 0 unspecified atom stereocenters. The van der Waals surface area contributed by atoms with E-state index in [1.54, 1.807) is 0 Å². The molecule has 4 fully saturated rings. The van der Waals surface area contributed by atoms with Gasteiger partial charge in [-0.15, -0.1) is 0 Å². The monoisotopic (exact) mass is 757 g/mol. The van der Waals surface area contributed by atoms with Gasteiger partial charge < -0.3 is 29.5 Å². The lowest BCUT2D eigenvalue weighted by Crippen LogP contribution is -2.60. The van der Waals surface area contributed by atoms with Gasteiger partial charge in [0.05, 0.1) is 6.10 Å². The first-order valence-electron chi connectivity index (χ1n) is 22.7. The number of rotatable bonds is 20. The third-order valence-corrected chi connectivity index (χ3v) is 15.9. The zero-order valence-corrected chi connectivity index (χ0v) is 35.2. The molecule has 0 spiro atoms. The lowest BCUT2D eigenvalue weighted by molar-refractivity contribution is -0.313. The molecular weight excluding hydrogens is 677 g/mol. The van der Waals surface area contributed by atoms with Crippen molar-refractivity contribution >= 4 is 5.97 Å². The number of hydrogen-bond acceptors (Lipinski definition) is 7. The third-order valence-electron chi connectivity index (χ3n) is 15.9. The lowest BCUT2D eigenvalue weighted by atomic mass is 9.47. The van der Waals surface area contributed by atoms with Crippen LogP contribution in [0.2, 0.25) is 0 Å². The molecular formula is C47H80O7. The summed E-state index contributed by atoms with van der Waals surface area (Å²) in [4.78, 5) is 12.5. The molecule has 14 atom stereocenters. The first-order valence-corrected chi connectivity index (χ1v) is 22.7. The number of allylic oxidation sites excluding steroid dienone is 2. The number of unbranched alkanes of at least 4 members (excludes halogenated alkanes) is 8. The van der Waals surface area contributed by atoms with Crippen LogP contribution in [-0.2, 0) is 19.0 Å². The Morgan fingerprint density at radius 2 is 1.61 bits per heavy atom. The fourth-order valence-corrected chi connectivity index (χ4v) is 12.4. The van der Waals surface area contributed by atoms with E-state index in [1.165, 1.54) is 94.6 Å². The molecule has 5 rings (SSSR count). The van der Waals surface area contributed by atoms with Crippen molar-refractivity contribution in [2.45, 2.75) is 213 Å². The van der Waals surface area contributed by atoms with Crippen molar-refractivity contribution in [1.29, 1.82) is 0 Å². The van der Waals surface area contributed by atoms with Crippen molar-refractivity contribution in [3.8, 4) is 0 Å². The Morgan fingerprint density at radius 1 is 0.907 bits per heavy atom. The second-order valence-corrected chi connectivity index (χ2v) is 19.3. The SMILES string of the molecule is C=C(C)[C@@H](CC)CC[C@@H](C)[C@H]1CC[C@H]2[C@@H]3CC=C4C[C@@H](O[C@@H]5O[C@H](COC(=O)CCCCCCCCCCC)[C@@H](O)[C@H](O)[C@H]5O)CC[C@]4(C)[C@H]3CC[C@]12C. The molecule has 3 N–H and O–H groups in total.